The maximum atomic E-state index is 12.9. The van der Waals surface area contributed by atoms with Crippen LogP contribution in [-0.2, 0) is 17.6 Å². The summed E-state index contributed by atoms with van der Waals surface area (Å²) in [6, 6.07) is 5.88. The van der Waals surface area contributed by atoms with E-state index in [0.29, 0.717) is 22.8 Å². The summed E-state index contributed by atoms with van der Waals surface area (Å²) >= 11 is 1.47. The fourth-order valence-electron chi connectivity index (χ4n) is 3.62. The number of anilines is 1. The number of thiophene rings is 1. The minimum atomic E-state index is -0.371. The van der Waals surface area contributed by atoms with Crippen LogP contribution in [0.4, 0.5) is 5.00 Å². The van der Waals surface area contributed by atoms with Crippen molar-refractivity contribution in [3.05, 3.63) is 51.1 Å². The van der Waals surface area contributed by atoms with Crippen molar-refractivity contribution in [3.8, 4) is 0 Å². The third-order valence-corrected chi connectivity index (χ3v) is 6.14. The van der Waals surface area contributed by atoms with Crippen molar-refractivity contribution < 1.29 is 18.7 Å². The Kier molecular flexibility index (Phi) is 4.52. The van der Waals surface area contributed by atoms with Gasteiger partial charge >= 0.3 is 5.97 Å². The van der Waals surface area contributed by atoms with Crippen molar-refractivity contribution in [2.24, 2.45) is 0 Å². The highest BCUT2D eigenvalue weighted by atomic mass is 32.1. The quantitative estimate of drug-likeness (QED) is 0.642. The van der Waals surface area contributed by atoms with E-state index in [0.717, 1.165) is 46.2 Å². The summed E-state index contributed by atoms with van der Waals surface area (Å²) in [5.74, 6) is -0.435. The molecule has 1 aliphatic rings. The summed E-state index contributed by atoms with van der Waals surface area (Å²) < 4.78 is 11.0. The van der Waals surface area contributed by atoms with E-state index in [1.807, 2.05) is 32.0 Å². The highest BCUT2D eigenvalue weighted by Gasteiger charge is 2.29. The second-order valence-corrected chi connectivity index (χ2v) is 7.90. The van der Waals surface area contributed by atoms with Gasteiger partial charge in [-0.15, -0.1) is 11.3 Å². The lowest BCUT2D eigenvalue weighted by Gasteiger charge is -2.07. The van der Waals surface area contributed by atoms with Crippen molar-refractivity contribution in [1.29, 1.82) is 0 Å². The van der Waals surface area contributed by atoms with E-state index < -0.39 is 0 Å². The third kappa shape index (κ3) is 3.04. The molecule has 0 unspecified atom stereocenters. The second-order valence-electron chi connectivity index (χ2n) is 6.79. The first-order chi connectivity index (χ1) is 13.0. The molecular weight excluding hydrogens is 362 g/mol. The van der Waals surface area contributed by atoms with E-state index in [-0.39, 0.29) is 17.6 Å². The molecule has 3 aromatic rings. The second kappa shape index (κ2) is 6.85. The molecular formula is C21H21NO4S. The fraction of sp³-hybridized carbons (Fsp3) is 0.333. The predicted molar refractivity (Wildman–Crippen MR) is 106 cm³/mol. The summed E-state index contributed by atoms with van der Waals surface area (Å²) in [5, 5.41) is 4.37. The first-order valence-electron chi connectivity index (χ1n) is 9.12. The van der Waals surface area contributed by atoms with Gasteiger partial charge in [-0.2, -0.15) is 0 Å². The Labute approximate surface area is 161 Å². The zero-order chi connectivity index (χ0) is 19.1. The minimum absolute atomic E-state index is 0.277. The third-order valence-electron chi connectivity index (χ3n) is 4.93. The highest BCUT2D eigenvalue weighted by Crippen LogP contribution is 2.40. The van der Waals surface area contributed by atoms with Crippen LogP contribution < -0.4 is 5.32 Å². The van der Waals surface area contributed by atoms with Crippen LogP contribution in [0, 0.1) is 13.8 Å². The Hall–Kier alpha value is -2.60. The van der Waals surface area contributed by atoms with Gasteiger partial charge in [0.15, 0.2) is 5.76 Å². The number of aryl methyl sites for hydroxylation is 3. The molecule has 2 heterocycles. The van der Waals surface area contributed by atoms with Gasteiger partial charge in [-0.1, -0.05) is 12.1 Å². The summed E-state index contributed by atoms with van der Waals surface area (Å²) in [5.41, 5.74) is 4.08. The molecule has 0 saturated carbocycles. The molecule has 0 bridgehead atoms. The molecule has 1 N–H and O–H groups in total. The van der Waals surface area contributed by atoms with Crippen LogP contribution >= 0.6 is 11.3 Å². The van der Waals surface area contributed by atoms with E-state index in [9.17, 15) is 9.59 Å². The maximum Gasteiger partial charge on any atom is 0.341 e. The van der Waals surface area contributed by atoms with Crippen LogP contribution in [0.2, 0.25) is 0 Å². The Bertz CT molecular complexity index is 1060. The van der Waals surface area contributed by atoms with Gasteiger partial charge in [0.2, 0.25) is 0 Å². The average Bonchev–Trinajstić information content (AvgIpc) is 3.28. The molecule has 4 rings (SSSR count). The predicted octanol–water partition coefficient (Wildman–Crippen LogP) is 5.03. The van der Waals surface area contributed by atoms with Crippen molar-refractivity contribution in [2.45, 2.75) is 40.0 Å². The van der Waals surface area contributed by atoms with Gasteiger partial charge in [0.1, 0.15) is 10.6 Å². The first-order valence-corrected chi connectivity index (χ1v) is 9.94. The number of fused-ring (bicyclic) bond motifs is 2. The van der Waals surface area contributed by atoms with Gasteiger partial charge in [-0.05, 0) is 57.2 Å². The number of benzene rings is 1. The van der Waals surface area contributed by atoms with E-state index in [1.54, 1.807) is 6.92 Å². The van der Waals surface area contributed by atoms with E-state index in [1.165, 1.54) is 11.3 Å². The Morgan fingerprint density at radius 2 is 2.07 bits per heavy atom. The molecule has 5 nitrogen and oxygen atoms in total. The molecule has 1 amide bonds. The van der Waals surface area contributed by atoms with Crippen LogP contribution in [0.3, 0.4) is 0 Å². The normalized spacial score (nSPS) is 13.0. The maximum absolute atomic E-state index is 12.9. The molecule has 0 aliphatic heterocycles. The zero-order valence-corrected chi connectivity index (χ0v) is 16.4. The molecule has 1 aliphatic carbocycles. The standard InChI is InChI=1S/C21H21NO4S/c1-4-25-21(24)17-14-6-5-7-16(14)27-20(17)22-19(23)18-12(3)13-9-8-11(2)10-15(13)26-18/h8-10H,4-7H2,1-3H3,(H,22,23). The van der Waals surface area contributed by atoms with Gasteiger partial charge in [0.25, 0.3) is 5.91 Å². The van der Waals surface area contributed by atoms with E-state index in [4.69, 9.17) is 9.15 Å². The number of carbonyl (C=O) groups excluding carboxylic acids is 2. The molecule has 0 fully saturated rings. The van der Waals surface area contributed by atoms with Gasteiger partial charge in [0.05, 0.1) is 12.2 Å². The lowest BCUT2D eigenvalue weighted by atomic mass is 10.1. The lowest BCUT2D eigenvalue weighted by molar-refractivity contribution is 0.0527. The summed E-state index contributed by atoms with van der Waals surface area (Å²) in [6.07, 6.45) is 2.81. The van der Waals surface area contributed by atoms with Crippen LogP contribution in [0.1, 0.15) is 55.8 Å². The Morgan fingerprint density at radius 1 is 1.26 bits per heavy atom. The summed E-state index contributed by atoms with van der Waals surface area (Å²) in [7, 11) is 0. The molecule has 27 heavy (non-hydrogen) atoms. The van der Waals surface area contributed by atoms with Crippen LogP contribution in [0.5, 0.6) is 0 Å². The molecule has 140 valence electrons. The number of nitrogens with one attached hydrogen (secondary N) is 1. The van der Waals surface area contributed by atoms with Crippen molar-refractivity contribution in [2.75, 3.05) is 11.9 Å². The SMILES string of the molecule is CCOC(=O)c1c(NC(=O)c2oc3cc(C)ccc3c2C)sc2c1CCC2. The van der Waals surface area contributed by atoms with Gasteiger partial charge in [-0.3, -0.25) is 4.79 Å². The number of amides is 1. The first kappa shape index (κ1) is 17.8. The molecule has 0 saturated heterocycles. The topological polar surface area (TPSA) is 68.5 Å². The molecule has 0 spiro atoms. The van der Waals surface area contributed by atoms with E-state index in [2.05, 4.69) is 5.32 Å². The highest BCUT2D eigenvalue weighted by molar-refractivity contribution is 7.17. The monoisotopic (exact) mass is 383 g/mol. The molecule has 0 atom stereocenters. The van der Waals surface area contributed by atoms with Crippen molar-refractivity contribution >= 4 is 39.2 Å². The van der Waals surface area contributed by atoms with Gasteiger partial charge in [-0.25, -0.2) is 4.79 Å². The number of furan rings is 1. The smallest absolute Gasteiger partial charge is 0.341 e. The van der Waals surface area contributed by atoms with Gasteiger partial charge in [0, 0.05) is 15.8 Å². The number of carbonyl (C=O) groups is 2. The summed E-state index contributed by atoms with van der Waals surface area (Å²) in [4.78, 5) is 26.5. The van der Waals surface area contributed by atoms with E-state index >= 15 is 0 Å². The van der Waals surface area contributed by atoms with Crippen LogP contribution in [0.15, 0.2) is 22.6 Å². The molecule has 0 radical (unpaired) electrons. The average molecular weight is 383 g/mol. The van der Waals surface area contributed by atoms with Crippen LogP contribution in [-0.4, -0.2) is 18.5 Å². The minimum Gasteiger partial charge on any atom is -0.462 e. The summed E-state index contributed by atoms with van der Waals surface area (Å²) in [6.45, 7) is 5.94. The fourth-order valence-corrected chi connectivity index (χ4v) is 4.89. The van der Waals surface area contributed by atoms with Crippen molar-refractivity contribution in [1.82, 2.24) is 0 Å². The number of rotatable bonds is 4. The number of esters is 1. The number of hydrogen-bond acceptors (Lipinski definition) is 5. The Balaban J connectivity index is 1.70. The number of ether oxygens (including phenoxy) is 1. The molecule has 6 heteroatoms. The molecule has 1 aromatic carbocycles. The zero-order valence-electron chi connectivity index (χ0n) is 15.6. The Morgan fingerprint density at radius 3 is 2.85 bits per heavy atom. The van der Waals surface area contributed by atoms with Crippen molar-refractivity contribution in [3.63, 3.8) is 0 Å². The van der Waals surface area contributed by atoms with Gasteiger partial charge < -0.3 is 14.5 Å². The number of hydrogen-bond donors (Lipinski definition) is 1. The lowest BCUT2D eigenvalue weighted by Crippen LogP contribution is -2.15. The van der Waals surface area contributed by atoms with Crippen LogP contribution in [0.25, 0.3) is 11.0 Å². The largest absolute Gasteiger partial charge is 0.462 e. The molecule has 2 aromatic heterocycles.